The third-order valence-electron chi connectivity index (χ3n) is 3.66. The zero-order valence-electron chi connectivity index (χ0n) is 12.8. The van der Waals surface area contributed by atoms with Gasteiger partial charge >= 0.3 is 0 Å². The van der Waals surface area contributed by atoms with E-state index >= 15 is 0 Å². The molecule has 0 saturated carbocycles. The van der Waals surface area contributed by atoms with Crippen molar-refractivity contribution in [3.05, 3.63) is 34.9 Å². The number of hydrogen-bond donors (Lipinski definition) is 1. The van der Waals surface area contributed by atoms with Crippen LogP contribution in [0.25, 0.3) is 0 Å². The van der Waals surface area contributed by atoms with E-state index in [0.717, 1.165) is 12.0 Å². The Morgan fingerprint density at radius 2 is 2.19 bits per heavy atom. The summed E-state index contributed by atoms with van der Waals surface area (Å²) in [5.41, 5.74) is 1.01. The molecule has 1 fully saturated rings. The van der Waals surface area contributed by atoms with E-state index in [-0.39, 0.29) is 18.1 Å². The van der Waals surface area contributed by atoms with Gasteiger partial charge in [-0.05, 0) is 30.0 Å². The Labute approximate surface area is 131 Å². The van der Waals surface area contributed by atoms with E-state index in [2.05, 4.69) is 19.2 Å². The van der Waals surface area contributed by atoms with Crippen molar-refractivity contribution in [3.8, 4) is 0 Å². The van der Waals surface area contributed by atoms with Gasteiger partial charge in [-0.25, -0.2) is 0 Å². The topological polar surface area (TPSA) is 41.6 Å². The summed E-state index contributed by atoms with van der Waals surface area (Å²) in [6, 6.07) is 7.52. The van der Waals surface area contributed by atoms with Gasteiger partial charge in [0.15, 0.2) is 0 Å². The Hall–Kier alpha value is -1.10. The first-order chi connectivity index (χ1) is 10.0. The zero-order valence-corrected chi connectivity index (χ0v) is 13.6. The zero-order chi connectivity index (χ0) is 15.4. The molecular weight excluding hydrogens is 288 g/mol. The minimum Gasteiger partial charge on any atom is -0.383 e. The number of amides is 1. The summed E-state index contributed by atoms with van der Waals surface area (Å²) in [5, 5.41) is 4.12. The molecule has 0 radical (unpaired) electrons. The van der Waals surface area contributed by atoms with Crippen LogP contribution in [-0.4, -0.2) is 37.1 Å². The van der Waals surface area contributed by atoms with Crippen molar-refractivity contribution in [3.63, 3.8) is 0 Å². The Morgan fingerprint density at radius 1 is 1.43 bits per heavy atom. The minimum absolute atomic E-state index is 0.130. The van der Waals surface area contributed by atoms with Crippen LogP contribution in [0.2, 0.25) is 5.02 Å². The quantitative estimate of drug-likeness (QED) is 0.878. The van der Waals surface area contributed by atoms with E-state index in [1.165, 1.54) is 0 Å². The van der Waals surface area contributed by atoms with E-state index in [0.29, 0.717) is 24.1 Å². The van der Waals surface area contributed by atoms with Crippen LogP contribution in [0, 0.1) is 5.92 Å². The van der Waals surface area contributed by atoms with Crippen LogP contribution in [0.15, 0.2) is 24.3 Å². The Morgan fingerprint density at radius 3 is 2.81 bits per heavy atom. The van der Waals surface area contributed by atoms with Crippen LogP contribution in [0.5, 0.6) is 0 Å². The molecule has 2 rings (SSSR count). The summed E-state index contributed by atoms with van der Waals surface area (Å²) in [7, 11) is 1.65. The predicted molar refractivity (Wildman–Crippen MR) is 84.2 cm³/mol. The summed E-state index contributed by atoms with van der Waals surface area (Å²) in [5.74, 6) is 0.611. The molecule has 21 heavy (non-hydrogen) atoms. The first-order valence-corrected chi connectivity index (χ1v) is 7.71. The summed E-state index contributed by atoms with van der Waals surface area (Å²) in [6.07, 6.45) is 0.703. The van der Waals surface area contributed by atoms with E-state index in [9.17, 15) is 4.79 Å². The van der Waals surface area contributed by atoms with Gasteiger partial charge in [0.25, 0.3) is 0 Å². The third-order valence-corrected chi connectivity index (χ3v) is 3.89. The Balaban J connectivity index is 2.21. The molecule has 116 valence electrons. The fourth-order valence-electron chi connectivity index (χ4n) is 2.70. The smallest absolute Gasteiger partial charge is 0.241 e. The highest BCUT2D eigenvalue weighted by Gasteiger charge is 2.39. The highest BCUT2D eigenvalue weighted by atomic mass is 35.5. The maximum absolute atomic E-state index is 12.6. The molecule has 0 bridgehead atoms. The number of benzene rings is 1. The van der Waals surface area contributed by atoms with Crippen molar-refractivity contribution >= 4 is 17.5 Å². The number of nitrogens with zero attached hydrogens (tertiary/aromatic N) is 1. The monoisotopic (exact) mass is 310 g/mol. The maximum Gasteiger partial charge on any atom is 0.241 e. The Kier molecular flexibility index (Phi) is 5.62. The molecule has 1 aromatic rings. The number of rotatable bonds is 6. The largest absolute Gasteiger partial charge is 0.383 e. The summed E-state index contributed by atoms with van der Waals surface area (Å²) < 4.78 is 5.13. The molecule has 0 aromatic heterocycles. The van der Waals surface area contributed by atoms with E-state index in [4.69, 9.17) is 16.3 Å². The minimum atomic E-state index is -0.133. The van der Waals surface area contributed by atoms with Crippen molar-refractivity contribution in [2.24, 2.45) is 5.92 Å². The molecule has 1 aliphatic heterocycles. The molecule has 1 aromatic carbocycles. The van der Waals surface area contributed by atoms with Gasteiger partial charge in [-0.3, -0.25) is 10.1 Å². The van der Waals surface area contributed by atoms with Crippen LogP contribution in [0.1, 0.15) is 32.0 Å². The molecule has 1 aliphatic rings. The number of carbonyl (C=O) groups is 1. The average molecular weight is 311 g/mol. The maximum atomic E-state index is 12.6. The lowest BCUT2D eigenvalue weighted by molar-refractivity contribution is -0.131. The highest BCUT2D eigenvalue weighted by molar-refractivity contribution is 6.30. The third kappa shape index (κ3) is 3.96. The van der Waals surface area contributed by atoms with Crippen LogP contribution in [-0.2, 0) is 9.53 Å². The molecule has 0 spiro atoms. The predicted octanol–water partition coefficient (Wildman–Crippen LogP) is 2.83. The summed E-state index contributed by atoms with van der Waals surface area (Å²) in [4.78, 5) is 14.4. The molecule has 1 heterocycles. The van der Waals surface area contributed by atoms with Gasteiger partial charge in [-0.15, -0.1) is 0 Å². The van der Waals surface area contributed by atoms with Crippen molar-refractivity contribution < 1.29 is 9.53 Å². The normalized spacial score (nSPS) is 22.3. The van der Waals surface area contributed by atoms with E-state index < -0.39 is 0 Å². The van der Waals surface area contributed by atoms with Crippen LogP contribution >= 0.6 is 11.6 Å². The van der Waals surface area contributed by atoms with Gasteiger partial charge in [0.2, 0.25) is 5.91 Å². The lowest BCUT2D eigenvalue weighted by Crippen LogP contribution is -2.34. The average Bonchev–Trinajstić information content (AvgIpc) is 2.73. The number of halogens is 1. The van der Waals surface area contributed by atoms with Crippen LogP contribution in [0.4, 0.5) is 0 Å². The standard InChI is InChI=1S/C16H23ClN2O2/c1-11(2)9-14-16(20)19(7-8-21-3)15(18-14)12-5-4-6-13(17)10-12/h4-6,10-11,14-15,18H,7-9H2,1-3H3. The van der Waals surface area contributed by atoms with Gasteiger partial charge in [0.05, 0.1) is 12.6 Å². The second-order valence-electron chi connectivity index (χ2n) is 5.83. The highest BCUT2D eigenvalue weighted by Crippen LogP contribution is 2.28. The number of carbonyl (C=O) groups excluding carboxylic acids is 1. The molecule has 5 heteroatoms. The van der Waals surface area contributed by atoms with Gasteiger partial charge in [0.1, 0.15) is 6.17 Å². The van der Waals surface area contributed by atoms with Crippen LogP contribution in [0.3, 0.4) is 0 Å². The molecule has 0 aliphatic carbocycles. The van der Waals surface area contributed by atoms with Crippen LogP contribution < -0.4 is 5.32 Å². The molecule has 4 nitrogen and oxygen atoms in total. The first-order valence-electron chi connectivity index (χ1n) is 7.34. The molecule has 2 atom stereocenters. The lowest BCUT2D eigenvalue weighted by Gasteiger charge is -2.24. The van der Waals surface area contributed by atoms with Crippen molar-refractivity contribution in [1.82, 2.24) is 10.2 Å². The Bertz CT molecular complexity index is 493. The summed E-state index contributed by atoms with van der Waals surface area (Å²) in [6.45, 7) is 5.36. The SMILES string of the molecule is COCCN1C(=O)C(CC(C)C)NC1c1cccc(Cl)c1. The van der Waals surface area contributed by atoms with Gasteiger partial charge in [-0.1, -0.05) is 37.6 Å². The van der Waals surface area contributed by atoms with E-state index in [1.54, 1.807) is 7.11 Å². The number of methoxy groups -OCH3 is 1. The molecule has 1 saturated heterocycles. The molecule has 1 N–H and O–H groups in total. The number of ether oxygens (including phenoxy) is 1. The lowest BCUT2D eigenvalue weighted by atomic mass is 10.0. The number of nitrogens with one attached hydrogen (secondary N) is 1. The van der Waals surface area contributed by atoms with Gasteiger partial charge in [0, 0.05) is 18.7 Å². The van der Waals surface area contributed by atoms with Crippen molar-refractivity contribution in [2.75, 3.05) is 20.3 Å². The van der Waals surface area contributed by atoms with Crippen molar-refractivity contribution in [2.45, 2.75) is 32.5 Å². The number of hydrogen-bond acceptors (Lipinski definition) is 3. The van der Waals surface area contributed by atoms with Gasteiger partial charge < -0.3 is 9.64 Å². The van der Waals surface area contributed by atoms with Crippen molar-refractivity contribution in [1.29, 1.82) is 0 Å². The van der Waals surface area contributed by atoms with Gasteiger partial charge in [-0.2, -0.15) is 0 Å². The fraction of sp³-hybridized carbons (Fsp3) is 0.562. The fourth-order valence-corrected chi connectivity index (χ4v) is 2.90. The molecular formula is C16H23ClN2O2. The first kappa shape index (κ1) is 16.3. The molecule has 1 amide bonds. The second kappa shape index (κ2) is 7.25. The van der Waals surface area contributed by atoms with E-state index in [1.807, 2.05) is 29.2 Å². The second-order valence-corrected chi connectivity index (χ2v) is 6.27. The molecule has 2 unspecified atom stereocenters. The summed E-state index contributed by atoms with van der Waals surface area (Å²) >= 11 is 6.08.